The molecule has 0 spiro atoms. The fourth-order valence-electron chi connectivity index (χ4n) is 2.21. The maximum absolute atomic E-state index is 3.66. The summed E-state index contributed by atoms with van der Waals surface area (Å²) in [5, 5.41) is 5.81. The molecule has 0 radical (unpaired) electrons. The van der Waals surface area contributed by atoms with Crippen LogP contribution < -0.4 is 5.32 Å². The van der Waals surface area contributed by atoms with Crippen LogP contribution in [0.4, 0.5) is 0 Å². The Morgan fingerprint density at radius 1 is 1.18 bits per heavy atom. The molecule has 17 heavy (non-hydrogen) atoms. The Morgan fingerprint density at radius 3 is 2.18 bits per heavy atom. The van der Waals surface area contributed by atoms with E-state index >= 15 is 0 Å². The molecular weight excluding hydrogens is 294 g/mol. The predicted molar refractivity (Wildman–Crippen MR) is 81.6 cm³/mol. The SMILES string of the molecule is CC(NCC(C(C)C)C(C)C)c1cc(Br)cs1. The number of rotatable bonds is 6. The van der Waals surface area contributed by atoms with Gasteiger partial charge in [0.2, 0.25) is 0 Å². The second-order valence-electron chi connectivity index (χ2n) is 5.45. The van der Waals surface area contributed by atoms with Crippen LogP contribution in [0.3, 0.4) is 0 Å². The lowest BCUT2D eigenvalue weighted by Crippen LogP contribution is -2.31. The Morgan fingerprint density at radius 2 is 1.76 bits per heavy atom. The van der Waals surface area contributed by atoms with Gasteiger partial charge in [-0.15, -0.1) is 11.3 Å². The second kappa shape index (κ2) is 6.91. The van der Waals surface area contributed by atoms with Crippen LogP contribution in [-0.2, 0) is 0 Å². The molecule has 1 N–H and O–H groups in total. The summed E-state index contributed by atoms with van der Waals surface area (Å²) in [6.07, 6.45) is 0. The van der Waals surface area contributed by atoms with Crippen molar-refractivity contribution in [1.29, 1.82) is 0 Å². The third-order valence-corrected chi connectivity index (χ3v) is 5.26. The van der Waals surface area contributed by atoms with Gasteiger partial charge >= 0.3 is 0 Å². The van der Waals surface area contributed by atoms with Crippen molar-refractivity contribution in [3.8, 4) is 0 Å². The topological polar surface area (TPSA) is 12.0 Å². The molecule has 0 bridgehead atoms. The quantitative estimate of drug-likeness (QED) is 0.770. The number of hydrogen-bond donors (Lipinski definition) is 1. The van der Waals surface area contributed by atoms with Crippen molar-refractivity contribution in [2.24, 2.45) is 17.8 Å². The number of thiophene rings is 1. The van der Waals surface area contributed by atoms with Crippen LogP contribution in [0.1, 0.15) is 45.5 Å². The summed E-state index contributed by atoms with van der Waals surface area (Å²) in [7, 11) is 0. The Kier molecular flexibility index (Phi) is 6.18. The van der Waals surface area contributed by atoms with Gasteiger partial charge in [-0.2, -0.15) is 0 Å². The van der Waals surface area contributed by atoms with E-state index in [9.17, 15) is 0 Å². The molecule has 0 saturated carbocycles. The molecule has 0 aromatic carbocycles. The highest BCUT2D eigenvalue weighted by molar-refractivity contribution is 9.10. The first-order valence-electron chi connectivity index (χ1n) is 6.39. The van der Waals surface area contributed by atoms with Crippen molar-refractivity contribution in [3.05, 3.63) is 20.8 Å². The molecule has 1 unspecified atom stereocenters. The summed E-state index contributed by atoms with van der Waals surface area (Å²) < 4.78 is 1.19. The Bertz CT molecular complexity index is 325. The van der Waals surface area contributed by atoms with E-state index in [1.807, 2.05) is 11.3 Å². The molecule has 0 fully saturated rings. The molecule has 1 nitrogen and oxygen atoms in total. The van der Waals surface area contributed by atoms with E-state index in [-0.39, 0.29) is 0 Å². The van der Waals surface area contributed by atoms with E-state index in [0.717, 1.165) is 24.3 Å². The summed E-state index contributed by atoms with van der Waals surface area (Å²) in [4.78, 5) is 1.41. The van der Waals surface area contributed by atoms with Crippen molar-refractivity contribution in [2.75, 3.05) is 6.54 Å². The molecule has 0 aliphatic heterocycles. The normalized spacial score (nSPS) is 13.9. The fraction of sp³-hybridized carbons (Fsp3) is 0.714. The molecule has 1 heterocycles. The van der Waals surface area contributed by atoms with E-state index in [0.29, 0.717) is 6.04 Å². The molecule has 1 rings (SSSR count). The van der Waals surface area contributed by atoms with Crippen LogP contribution in [0.15, 0.2) is 15.9 Å². The molecule has 1 atom stereocenters. The standard InChI is InChI=1S/C14H24BrNS/c1-9(2)13(10(3)4)7-16-11(5)14-6-12(15)8-17-14/h6,8-11,13,16H,7H2,1-5H3. The van der Waals surface area contributed by atoms with Gasteiger partial charge in [0.25, 0.3) is 0 Å². The van der Waals surface area contributed by atoms with Crippen LogP contribution in [0.5, 0.6) is 0 Å². The molecule has 0 aliphatic rings. The van der Waals surface area contributed by atoms with Crippen molar-refractivity contribution < 1.29 is 0 Å². The van der Waals surface area contributed by atoms with Crippen LogP contribution in [0.25, 0.3) is 0 Å². The van der Waals surface area contributed by atoms with Crippen molar-refractivity contribution >= 4 is 27.3 Å². The monoisotopic (exact) mass is 317 g/mol. The average Bonchev–Trinajstić information content (AvgIpc) is 2.63. The van der Waals surface area contributed by atoms with Crippen LogP contribution in [0.2, 0.25) is 0 Å². The highest BCUT2D eigenvalue weighted by atomic mass is 79.9. The van der Waals surface area contributed by atoms with Crippen LogP contribution >= 0.6 is 27.3 Å². The van der Waals surface area contributed by atoms with E-state index in [1.54, 1.807) is 0 Å². The molecule has 1 aromatic rings. The Labute approximate surface area is 118 Å². The van der Waals surface area contributed by atoms with Crippen LogP contribution in [-0.4, -0.2) is 6.54 Å². The van der Waals surface area contributed by atoms with E-state index in [1.165, 1.54) is 9.35 Å². The summed E-state index contributed by atoms with van der Waals surface area (Å²) in [6, 6.07) is 2.66. The molecule has 3 heteroatoms. The number of hydrogen-bond acceptors (Lipinski definition) is 2. The van der Waals surface area contributed by atoms with Gasteiger partial charge in [-0.05, 0) is 53.2 Å². The molecule has 0 amide bonds. The van der Waals surface area contributed by atoms with Gasteiger partial charge < -0.3 is 5.32 Å². The largest absolute Gasteiger partial charge is 0.309 e. The lowest BCUT2D eigenvalue weighted by molar-refractivity contribution is 0.268. The lowest BCUT2D eigenvalue weighted by atomic mass is 9.85. The molecule has 1 aromatic heterocycles. The molecule has 0 aliphatic carbocycles. The summed E-state index contributed by atoms with van der Waals surface area (Å²) in [5.41, 5.74) is 0. The zero-order valence-corrected chi connectivity index (χ0v) is 13.9. The van der Waals surface area contributed by atoms with Gasteiger partial charge in [0.1, 0.15) is 0 Å². The average molecular weight is 318 g/mol. The number of nitrogens with one attached hydrogen (secondary N) is 1. The minimum absolute atomic E-state index is 0.450. The minimum atomic E-state index is 0.450. The van der Waals surface area contributed by atoms with Crippen molar-refractivity contribution in [2.45, 2.75) is 40.7 Å². The van der Waals surface area contributed by atoms with Gasteiger partial charge in [-0.1, -0.05) is 27.7 Å². The Hall–Kier alpha value is 0.140. The van der Waals surface area contributed by atoms with E-state index in [2.05, 4.69) is 67.3 Å². The van der Waals surface area contributed by atoms with Gasteiger partial charge in [0.15, 0.2) is 0 Å². The fourth-order valence-corrected chi connectivity index (χ4v) is 3.69. The summed E-state index contributed by atoms with van der Waals surface area (Å²) in [6.45, 7) is 12.6. The van der Waals surface area contributed by atoms with Gasteiger partial charge in [-0.25, -0.2) is 0 Å². The first-order valence-corrected chi connectivity index (χ1v) is 8.06. The second-order valence-corrected chi connectivity index (χ2v) is 7.31. The smallest absolute Gasteiger partial charge is 0.0386 e. The lowest BCUT2D eigenvalue weighted by Gasteiger charge is -2.26. The highest BCUT2D eigenvalue weighted by Crippen LogP contribution is 2.26. The molecule has 98 valence electrons. The van der Waals surface area contributed by atoms with E-state index < -0.39 is 0 Å². The summed E-state index contributed by atoms with van der Waals surface area (Å²) >= 11 is 5.33. The summed E-state index contributed by atoms with van der Waals surface area (Å²) in [5.74, 6) is 2.23. The minimum Gasteiger partial charge on any atom is -0.309 e. The molecular formula is C14H24BrNS. The van der Waals surface area contributed by atoms with E-state index in [4.69, 9.17) is 0 Å². The van der Waals surface area contributed by atoms with Gasteiger partial charge in [0, 0.05) is 20.8 Å². The van der Waals surface area contributed by atoms with Crippen molar-refractivity contribution in [1.82, 2.24) is 5.32 Å². The molecule has 0 saturated heterocycles. The van der Waals surface area contributed by atoms with Gasteiger partial charge in [-0.3, -0.25) is 0 Å². The third-order valence-electron chi connectivity index (χ3n) is 3.39. The Balaban J connectivity index is 2.49. The van der Waals surface area contributed by atoms with Crippen LogP contribution in [0, 0.1) is 17.8 Å². The first kappa shape index (κ1) is 15.2. The maximum Gasteiger partial charge on any atom is 0.0386 e. The number of halogens is 1. The van der Waals surface area contributed by atoms with Gasteiger partial charge in [0.05, 0.1) is 0 Å². The zero-order valence-electron chi connectivity index (χ0n) is 11.5. The predicted octanol–water partition coefficient (Wildman–Crippen LogP) is 5.09. The first-order chi connectivity index (χ1) is 7.91. The third kappa shape index (κ3) is 4.72. The maximum atomic E-state index is 3.66. The zero-order chi connectivity index (χ0) is 13.0. The van der Waals surface area contributed by atoms with Crippen molar-refractivity contribution in [3.63, 3.8) is 0 Å². The highest BCUT2D eigenvalue weighted by Gasteiger charge is 2.18.